The summed E-state index contributed by atoms with van der Waals surface area (Å²) < 4.78 is 0.919. The summed E-state index contributed by atoms with van der Waals surface area (Å²) in [7, 11) is 0. The van der Waals surface area contributed by atoms with E-state index in [2.05, 4.69) is 0 Å². The SMILES string of the molecule is Cc1ccn(CC(=O)ON2C(=O)c3ccccc3C2=O)c(=O)c1O. The number of hydrogen-bond donors (Lipinski definition) is 1. The average Bonchev–Trinajstić information content (AvgIpc) is 2.81. The molecule has 122 valence electrons. The third kappa shape index (κ3) is 2.43. The van der Waals surface area contributed by atoms with Gasteiger partial charge in [0, 0.05) is 6.20 Å². The van der Waals surface area contributed by atoms with Gasteiger partial charge in [0.2, 0.25) is 0 Å². The number of imide groups is 1. The second kappa shape index (κ2) is 5.65. The summed E-state index contributed by atoms with van der Waals surface area (Å²) in [5.41, 5.74) is -0.125. The number of benzene rings is 1. The lowest BCUT2D eigenvalue weighted by molar-refractivity contribution is -0.169. The van der Waals surface area contributed by atoms with Crippen LogP contribution in [0, 0.1) is 6.92 Å². The van der Waals surface area contributed by atoms with Gasteiger partial charge in [-0.1, -0.05) is 17.2 Å². The largest absolute Gasteiger partial charge is 0.503 e. The van der Waals surface area contributed by atoms with Gasteiger partial charge >= 0.3 is 5.97 Å². The van der Waals surface area contributed by atoms with Gasteiger partial charge in [0.05, 0.1) is 11.1 Å². The molecule has 3 rings (SSSR count). The standard InChI is InChI=1S/C16H12N2O6/c1-9-6-7-17(16(23)13(9)20)8-12(19)24-18-14(21)10-4-2-3-5-11(10)15(18)22/h2-7,20H,8H2,1H3. The van der Waals surface area contributed by atoms with Crippen molar-refractivity contribution in [2.24, 2.45) is 0 Å². The van der Waals surface area contributed by atoms with E-state index in [1.54, 1.807) is 12.1 Å². The topological polar surface area (TPSA) is 106 Å². The third-order valence-electron chi connectivity index (χ3n) is 3.59. The van der Waals surface area contributed by atoms with E-state index in [1.165, 1.54) is 31.3 Å². The predicted octanol–water partition coefficient (Wildman–Crippen LogP) is 0.617. The fourth-order valence-corrected chi connectivity index (χ4v) is 2.30. The molecule has 1 N–H and O–H groups in total. The zero-order chi connectivity index (χ0) is 17.4. The van der Waals surface area contributed by atoms with E-state index in [4.69, 9.17) is 4.84 Å². The molecule has 1 aliphatic heterocycles. The van der Waals surface area contributed by atoms with Gasteiger partial charge in [-0.25, -0.2) is 4.79 Å². The zero-order valence-electron chi connectivity index (χ0n) is 12.6. The molecule has 1 aromatic carbocycles. The van der Waals surface area contributed by atoms with E-state index in [1.807, 2.05) is 0 Å². The Hall–Kier alpha value is -3.42. The van der Waals surface area contributed by atoms with Gasteiger partial charge in [-0.3, -0.25) is 14.4 Å². The fraction of sp³-hybridized carbons (Fsp3) is 0.125. The van der Waals surface area contributed by atoms with Crippen molar-refractivity contribution in [2.75, 3.05) is 0 Å². The minimum absolute atomic E-state index is 0.139. The van der Waals surface area contributed by atoms with Gasteiger partial charge in [-0.05, 0) is 30.7 Å². The summed E-state index contributed by atoms with van der Waals surface area (Å²) in [6.07, 6.45) is 1.31. The number of rotatable bonds is 3. The summed E-state index contributed by atoms with van der Waals surface area (Å²) in [4.78, 5) is 52.7. The maximum Gasteiger partial charge on any atom is 0.352 e. The van der Waals surface area contributed by atoms with Crippen LogP contribution in [0.2, 0.25) is 0 Å². The number of fused-ring (bicyclic) bond motifs is 1. The Kier molecular flexibility index (Phi) is 3.64. The molecule has 0 saturated heterocycles. The van der Waals surface area contributed by atoms with Crippen molar-refractivity contribution in [3.63, 3.8) is 0 Å². The highest BCUT2D eigenvalue weighted by molar-refractivity contribution is 6.20. The first-order valence-electron chi connectivity index (χ1n) is 6.97. The molecule has 0 radical (unpaired) electrons. The summed E-state index contributed by atoms with van der Waals surface area (Å²) in [5, 5.41) is 9.95. The number of carbonyl (C=O) groups is 3. The predicted molar refractivity (Wildman–Crippen MR) is 80.1 cm³/mol. The van der Waals surface area contributed by atoms with Crippen molar-refractivity contribution in [3.05, 3.63) is 63.6 Å². The molecule has 1 aromatic heterocycles. The van der Waals surface area contributed by atoms with Crippen LogP contribution in [0.3, 0.4) is 0 Å². The Balaban J connectivity index is 1.78. The molecule has 0 saturated carbocycles. The molecular weight excluding hydrogens is 316 g/mol. The highest BCUT2D eigenvalue weighted by atomic mass is 16.7. The second-order valence-electron chi connectivity index (χ2n) is 5.19. The lowest BCUT2D eigenvalue weighted by atomic mass is 10.1. The van der Waals surface area contributed by atoms with Crippen LogP contribution in [0.1, 0.15) is 26.3 Å². The van der Waals surface area contributed by atoms with Crippen molar-refractivity contribution in [1.82, 2.24) is 9.63 Å². The first kappa shape index (κ1) is 15.5. The number of nitrogens with zero attached hydrogens (tertiary/aromatic N) is 2. The van der Waals surface area contributed by atoms with E-state index in [9.17, 15) is 24.3 Å². The Morgan fingerprint density at radius 1 is 1.08 bits per heavy atom. The fourth-order valence-electron chi connectivity index (χ4n) is 2.30. The lowest BCUT2D eigenvalue weighted by Gasteiger charge is -2.13. The maximum atomic E-state index is 12.1. The normalized spacial score (nSPS) is 13.1. The second-order valence-corrected chi connectivity index (χ2v) is 5.19. The van der Waals surface area contributed by atoms with Crippen LogP contribution in [-0.4, -0.2) is 32.5 Å². The molecule has 0 fully saturated rings. The molecule has 2 aromatic rings. The number of pyridine rings is 1. The van der Waals surface area contributed by atoms with E-state index in [0.29, 0.717) is 10.6 Å². The molecule has 24 heavy (non-hydrogen) atoms. The quantitative estimate of drug-likeness (QED) is 0.828. The monoisotopic (exact) mass is 328 g/mol. The van der Waals surface area contributed by atoms with Crippen molar-refractivity contribution in [1.29, 1.82) is 0 Å². The zero-order valence-corrected chi connectivity index (χ0v) is 12.6. The summed E-state index contributed by atoms with van der Waals surface area (Å²) in [5.74, 6) is -2.97. The Morgan fingerprint density at radius 2 is 1.67 bits per heavy atom. The highest BCUT2D eigenvalue weighted by Crippen LogP contribution is 2.22. The first-order valence-corrected chi connectivity index (χ1v) is 6.97. The molecule has 8 nitrogen and oxygen atoms in total. The number of hydroxylamine groups is 2. The maximum absolute atomic E-state index is 12.1. The number of aromatic nitrogens is 1. The van der Waals surface area contributed by atoms with Gasteiger partial charge in [0.15, 0.2) is 5.75 Å². The Morgan fingerprint density at radius 3 is 2.25 bits per heavy atom. The molecular formula is C16H12N2O6. The number of amides is 2. The molecule has 2 heterocycles. The Bertz CT molecular complexity index is 895. The van der Waals surface area contributed by atoms with Crippen molar-refractivity contribution < 1.29 is 24.3 Å². The minimum atomic E-state index is -0.991. The molecule has 2 amide bonds. The van der Waals surface area contributed by atoms with Crippen LogP contribution in [0.5, 0.6) is 5.75 Å². The summed E-state index contributed by atoms with van der Waals surface area (Å²) >= 11 is 0. The number of hydrogen-bond acceptors (Lipinski definition) is 6. The third-order valence-corrected chi connectivity index (χ3v) is 3.59. The van der Waals surface area contributed by atoms with E-state index in [0.717, 1.165) is 4.57 Å². The molecule has 0 atom stereocenters. The smallest absolute Gasteiger partial charge is 0.352 e. The van der Waals surface area contributed by atoms with Crippen LogP contribution < -0.4 is 5.56 Å². The van der Waals surface area contributed by atoms with Crippen LogP contribution in [-0.2, 0) is 16.2 Å². The van der Waals surface area contributed by atoms with Crippen LogP contribution in [0.25, 0.3) is 0 Å². The average molecular weight is 328 g/mol. The lowest BCUT2D eigenvalue weighted by Crippen LogP contribution is -2.35. The molecule has 0 unspecified atom stereocenters. The van der Waals surface area contributed by atoms with Gasteiger partial charge in [0.25, 0.3) is 17.4 Å². The van der Waals surface area contributed by atoms with Gasteiger partial charge in [-0.2, -0.15) is 0 Å². The van der Waals surface area contributed by atoms with E-state index in [-0.39, 0.29) is 11.1 Å². The molecule has 0 bridgehead atoms. The highest BCUT2D eigenvalue weighted by Gasteiger charge is 2.38. The number of aryl methyl sites for hydroxylation is 1. The van der Waals surface area contributed by atoms with E-state index >= 15 is 0 Å². The van der Waals surface area contributed by atoms with Gasteiger partial charge in [-0.15, -0.1) is 0 Å². The van der Waals surface area contributed by atoms with Gasteiger partial charge < -0.3 is 14.5 Å². The summed E-state index contributed by atoms with van der Waals surface area (Å²) in [6.45, 7) is 0.984. The Labute approximate surface area is 135 Å². The van der Waals surface area contributed by atoms with Crippen LogP contribution >= 0.6 is 0 Å². The molecule has 0 spiro atoms. The number of aromatic hydroxyl groups is 1. The van der Waals surface area contributed by atoms with Crippen LogP contribution in [0.15, 0.2) is 41.3 Å². The van der Waals surface area contributed by atoms with Crippen molar-refractivity contribution in [2.45, 2.75) is 13.5 Å². The first-order chi connectivity index (χ1) is 11.4. The van der Waals surface area contributed by atoms with Crippen molar-refractivity contribution >= 4 is 17.8 Å². The number of carbonyl (C=O) groups excluding carboxylic acids is 3. The van der Waals surface area contributed by atoms with Crippen molar-refractivity contribution in [3.8, 4) is 5.75 Å². The summed E-state index contributed by atoms with van der Waals surface area (Å²) in [6, 6.07) is 7.53. The molecule has 1 aliphatic rings. The molecule has 8 heteroatoms. The van der Waals surface area contributed by atoms with Gasteiger partial charge in [0.1, 0.15) is 6.54 Å². The minimum Gasteiger partial charge on any atom is -0.503 e. The van der Waals surface area contributed by atoms with Crippen LogP contribution in [0.4, 0.5) is 0 Å². The van der Waals surface area contributed by atoms with E-state index < -0.39 is 35.6 Å². The molecule has 0 aliphatic carbocycles.